The lowest BCUT2D eigenvalue weighted by Gasteiger charge is -2.35. The molecule has 2 aromatic carbocycles. The molecule has 3 aromatic rings. The summed E-state index contributed by atoms with van der Waals surface area (Å²) < 4.78 is 11.2. The van der Waals surface area contributed by atoms with Gasteiger partial charge in [0.05, 0.1) is 12.3 Å². The molecule has 1 aliphatic heterocycles. The highest BCUT2D eigenvalue weighted by atomic mass is 16.5. The zero-order valence-electron chi connectivity index (χ0n) is 19.2. The molecule has 0 unspecified atom stereocenters. The van der Waals surface area contributed by atoms with E-state index in [0.717, 1.165) is 29.2 Å². The Kier molecular flexibility index (Phi) is 7.40. The molecule has 7 heteroatoms. The number of nitrogens with zero attached hydrogens (tertiary/aromatic N) is 4. The molecule has 0 spiro atoms. The summed E-state index contributed by atoms with van der Waals surface area (Å²) in [7, 11) is 0. The molecule has 7 nitrogen and oxygen atoms in total. The molecule has 0 radical (unpaired) electrons. The predicted octanol–water partition coefficient (Wildman–Crippen LogP) is 3.83. The van der Waals surface area contributed by atoms with Gasteiger partial charge in [-0.25, -0.2) is 0 Å². The molecular weight excluding hydrogens is 416 g/mol. The van der Waals surface area contributed by atoms with Gasteiger partial charge in [0.15, 0.2) is 12.4 Å². The zero-order chi connectivity index (χ0) is 23.0. The number of carbonyl (C=O) groups is 1. The molecule has 4 rings (SSSR count). The van der Waals surface area contributed by atoms with Crippen LogP contribution in [0.4, 0.5) is 5.82 Å². The van der Waals surface area contributed by atoms with Crippen LogP contribution in [0.25, 0.3) is 11.3 Å². The molecule has 1 aliphatic rings. The molecule has 0 N–H and O–H groups in total. The Morgan fingerprint density at radius 3 is 2.24 bits per heavy atom. The highest BCUT2D eigenvalue weighted by Crippen LogP contribution is 2.21. The summed E-state index contributed by atoms with van der Waals surface area (Å²) in [6.07, 6.45) is 1.02. The molecule has 1 aromatic heterocycles. The average molecular weight is 447 g/mol. The first kappa shape index (κ1) is 22.6. The molecule has 0 bridgehead atoms. The fraction of sp³-hybridized carbons (Fsp3) is 0.346. The van der Waals surface area contributed by atoms with Gasteiger partial charge in [-0.2, -0.15) is 0 Å². The molecule has 1 fully saturated rings. The number of carbonyl (C=O) groups excluding carboxylic acids is 1. The van der Waals surface area contributed by atoms with Gasteiger partial charge in [-0.1, -0.05) is 37.3 Å². The highest BCUT2D eigenvalue weighted by molar-refractivity contribution is 5.78. The van der Waals surface area contributed by atoms with Crippen molar-refractivity contribution in [1.82, 2.24) is 15.1 Å². The number of amides is 1. The van der Waals surface area contributed by atoms with Crippen molar-refractivity contribution in [3.05, 3.63) is 66.2 Å². The van der Waals surface area contributed by atoms with Crippen LogP contribution in [0, 0.1) is 0 Å². The number of aromatic nitrogens is 2. The van der Waals surface area contributed by atoms with Gasteiger partial charge in [0, 0.05) is 37.8 Å². The summed E-state index contributed by atoms with van der Waals surface area (Å²) in [6, 6.07) is 19.8. The van der Waals surface area contributed by atoms with E-state index in [1.54, 1.807) is 6.07 Å². The van der Waals surface area contributed by atoms with E-state index in [4.69, 9.17) is 9.47 Å². The van der Waals surface area contributed by atoms with Crippen molar-refractivity contribution in [2.75, 3.05) is 44.3 Å². The van der Waals surface area contributed by atoms with Crippen LogP contribution in [-0.2, 0) is 11.2 Å². The van der Waals surface area contributed by atoms with Crippen LogP contribution in [0.3, 0.4) is 0 Å². The second-order valence-corrected chi connectivity index (χ2v) is 7.89. The molecule has 172 valence electrons. The number of aryl methyl sites for hydroxylation is 1. The Balaban J connectivity index is 1.27. The first-order valence-electron chi connectivity index (χ1n) is 11.5. The number of benzene rings is 2. The highest BCUT2D eigenvalue weighted by Gasteiger charge is 2.22. The third-order valence-corrected chi connectivity index (χ3v) is 5.74. The van der Waals surface area contributed by atoms with E-state index < -0.39 is 0 Å². The van der Waals surface area contributed by atoms with Crippen LogP contribution in [-0.4, -0.2) is 60.4 Å². The summed E-state index contributed by atoms with van der Waals surface area (Å²) in [5, 5.41) is 8.84. The van der Waals surface area contributed by atoms with Gasteiger partial charge in [-0.15, -0.1) is 10.2 Å². The van der Waals surface area contributed by atoms with Crippen molar-refractivity contribution < 1.29 is 14.3 Å². The van der Waals surface area contributed by atoms with Gasteiger partial charge in [0.1, 0.15) is 11.5 Å². The minimum atomic E-state index is -0.0200. The summed E-state index contributed by atoms with van der Waals surface area (Å²) >= 11 is 0. The van der Waals surface area contributed by atoms with Crippen LogP contribution < -0.4 is 14.4 Å². The largest absolute Gasteiger partial charge is 0.494 e. The van der Waals surface area contributed by atoms with Crippen molar-refractivity contribution in [3.8, 4) is 22.8 Å². The Morgan fingerprint density at radius 2 is 1.61 bits per heavy atom. The van der Waals surface area contributed by atoms with E-state index in [1.807, 2.05) is 42.2 Å². The summed E-state index contributed by atoms with van der Waals surface area (Å²) in [4.78, 5) is 16.6. The predicted molar refractivity (Wildman–Crippen MR) is 129 cm³/mol. The summed E-state index contributed by atoms with van der Waals surface area (Å²) in [5.41, 5.74) is 3.23. The normalized spacial score (nSPS) is 13.6. The molecule has 2 heterocycles. The molecule has 0 aliphatic carbocycles. The number of hydrogen-bond donors (Lipinski definition) is 0. The van der Waals surface area contributed by atoms with Gasteiger partial charge in [-0.3, -0.25) is 4.79 Å². The first-order valence-corrected chi connectivity index (χ1v) is 11.5. The maximum atomic E-state index is 12.6. The monoisotopic (exact) mass is 446 g/mol. The summed E-state index contributed by atoms with van der Waals surface area (Å²) in [5.74, 6) is 2.18. The minimum absolute atomic E-state index is 0.0148. The van der Waals surface area contributed by atoms with E-state index in [-0.39, 0.29) is 12.5 Å². The lowest BCUT2D eigenvalue weighted by molar-refractivity contribution is -0.133. The lowest BCUT2D eigenvalue weighted by atomic mass is 10.1. The smallest absolute Gasteiger partial charge is 0.260 e. The number of anilines is 1. The van der Waals surface area contributed by atoms with Crippen molar-refractivity contribution in [3.63, 3.8) is 0 Å². The third kappa shape index (κ3) is 5.80. The fourth-order valence-electron chi connectivity index (χ4n) is 3.80. The molecule has 1 saturated heterocycles. The Hall–Kier alpha value is -3.61. The van der Waals surface area contributed by atoms with E-state index in [1.165, 1.54) is 5.56 Å². The number of ether oxygens (including phenoxy) is 2. The van der Waals surface area contributed by atoms with Crippen LogP contribution in [0.5, 0.6) is 11.5 Å². The van der Waals surface area contributed by atoms with Gasteiger partial charge in [0.25, 0.3) is 5.91 Å². The van der Waals surface area contributed by atoms with Gasteiger partial charge < -0.3 is 19.3 Å². The molecule has 0 atom stereocenters. The first-order chi connectivity index (χ1) is 16.2. The van der Waals surface area contributed by atoms with Crippen LogP contribution >= 0.6 is 0 Å². The summed E-state index contributed by atoms with van der Waals surface area (Å²) in [6.45, 7) is 7.36. The van der Waals surface area contributed by atoms with Crippen LogP contribution in [0.1, 0.15) is 19.4 Å². The SMILES string of the molecule is CCOc1cccc(OCC(=O)N2CCN(c3ccc(-c4ccc(CC)cc4)nn3)CC2)c1. The topological polar surface area (TPSA) is 67.8 Å². The van der Waals surface area contributed by atoms with Crippen molar-refractivity contribution >= 4 is 11.7 Å². The van der Waals surface area contributed by atoms with Gasteiger partial charge in [0.2, 0.25) is 0 Å². The fourth-order valence-corrected chi connectivity index (χ4v) is 3.80. The van der Waals surface area contributed by atoms with Crippen LogP contribution in [0.15, 0.2) is 60.7 Å². The van der Waals surface area contributed by atoms with Crippen molar-refractivity contribution in [1.29, 1.82) is 0 Å². The average Bonchev–Trinajstić information content (AvgIpc) is 2.88. The standard InChI is InChI=1S/C26H30N4O3/c1-3-20-8-10-21(11-9-20)24-12-13-25(28-27-24)29-14-16-30(17-15-29)26(31)19-33-23-7-5-6-22(18-23)32-4-2/h5-13,18H,3-4,14-17,19H2,1-2H3. The Labute approximate surface area is 195 Å². The number of rotatable bonds is 8. The van der Waals surface area contributed by atoms with Crippen LogP contribution in [0.2, 0.25) is 0 Å². The Bertz CT molecular complexity index is 1050. The minimum Gasteiger partial charge on any atom is -0.494 e. The second kappa shape index (κ2) is 10.8. The van der Waals surface area contributed by atoms with Crippen molar-refractivity contribution in [2.24, 2.45) is 0 Å². The lowest BCUT2D eigenvalue weighted by Crippen LogP contribution is -2.50. The third-order valence-electron chi connectivity index (χ3n) is 5.74. The van der Waals surface area contributed by atoms with Gasteiger partial charge in [-0.05, 0) is 43.2 Å². The molecular formula is C26H30N4O3. The maximum absolute atomic E-state index is 12.6. The second-order valence-electron chi connectivity index (χ2n) is 7.89. The molecule has 1 amide bonds. The number of piperazine rings is 1. The van der Waals surface area contributed by atoms with Gasteiger partial charge >= 0.3 is 0 Å². The number of hydrogen-bond acceptors (Lipinski definition) is 6. The van der Waals surface area contributed by atoms with E-state index in [0.29, 0.717) is 38.5 Å². The van der Waals surface area contributed by atoms with E-state index in [2.05, 4.69) is 46.3 Å². The quantitative estimate of drug-likeness (QED) is 0.524. The molecule has 0 saturated carbocycles. The van der Waals surface area contributed by atoms with Crippen molar-refractivity contribution in [2.45, 2.75) is 20.3 Å². The maximum Gasteiger partial charge on any atom is 0.260 e. The van der Waals surface area contributed by atoms with E-state index >= 15 is 0 Å². The Morgan fingerprint density at radius 1 is 0.879 bits per heavy atom. The van der Waals surface area contributed by atoms with E-state index in [9.17, 15) is 4.79 Å². The zero-order valence-corrected chi connectivity index (χ0v) is 19.2. The molecule has 33 heavy (non-hydrogen) atoms.